The van der Waals surface area contributed by atoms with Gasteiger partial charge in [0.15, 0.2) is 0 Å². The van der Waals surface area contributed by atoms with E-state index in [2.05, 4.69) is 6.58 Å². The molecule has 0 amide bonds. The van der Waals surface area contributed by atoms with E-state index in [0.717, 1.165) is 0 Å². The zero-order chi connectivity index (χ0) is 24.1. The van der Waals surface area contributed by atoms with Gasteiger partial charge in [-0.15, -0.1) is 0 Å². The summed E-state index contributed by atoms with van der Waals surface area (Å²) in [5.74, 6) is -19.6. The Hall–Kier alpha value is -2.40. The van der Waals surface area contributed by atoms with Gasteiger partial charge in [-0.3, -0.25) is 0 Å². The standard InChI is InChI=1S/C19H19F9O3/c1-12(2)15(29)31-11-8-13-4-6-14(7-5-13)30-10-3-9-16(20,21)17(22,23)18(24,25)19(26,27)28/h4-7H,1,3,8-11H2,2H3. The molecule has 0 saturated heterocycles. The highest BCUT2D eigenvalue weighted by molar-refractivity contribution is 5.86. The molecule has 0 radical (unpaired) electrons. The molecule has 0 aliphatic rings. The molecule has 31 heavy (non-hydrogen) atoms. The molecule has 0 aliphatic carbocycles. The van der Waals surface area contributed by atoms with Crippen molar-refractivity contribution in [2.24, 2.45) is 0 Å². The van der Waals surface area contributed by atoms with Gasteiger partial charge in [0, 0.05) is 18.4 Å². The molecule has 3 nitrogen and oxygen atoms in total. The summed E-state index contributed by atoms with van der Waals surface area (Å²) in [7, 11) is 0. The molecule has 0 heterocycles. The lowest BCUT2D eigenvalue weighted by Gasteiger charge is -2.33. The number of hydrogen-bond donors (Lipinski definition) is 0. The fraction of sp³-hybridized carbons (Fsp3) is 0.526. The van der Waals surface area contributed by atoms with E-state index in [1.54, 1.807) is 0 Å². The van der Waals surface area contributed by atoms with E-state index >= 15 is 0 Å². The molecule has 12 heteroatoms. The van der Waals surface area contributed by atoms with Crippen molar-refractivity contribution >= 4 is 5.97 Å². The number of ether oxygens (including phenoxy) is 2. The zero-order valence-electron chi connectivity index (χ0n) is 16.2. The van der Waals surface area contributed by atoms with Crippen molar-refractivity contribution in [1.29, 1.82) is 0 Å². The van der Waals surface area contributed by atoms with Crippen LogP contribution in [0.4, 0.5) is 39.5 Å². The average molecular weight is 466 g/mol. The lowest BCUT2D eigenvalue weighted by Crippen LogP contribution is -2.60. The Bertz CT molecular complexity index is 756. The summed E-state index contributed by atoms with van der Waals surface area (Å²) in [6.45, 7) is 4.33. The number of benzene rings is 1. The van der Waals surface area contributed by atoms with Gasteiger partial charge >= 0.3 is 29.9 Å². The second kappa shape index (κ2) is 9.82. The molecule has 1 aromatic carbocycles. The van der Waals surface area contributed by atoms with Crippen LogP contribution in [0.2, 0.25) is 0 Å². The van der Waals surface area contributed by atoms with Crippen molar-refractivity contribution < 1.29 is 53.8 Å². The van der Waals surface area contributed by atoms with Gasteiger partial charge in [0.2, 0.25) is 0 Å². The Labute approximate surface area is 171 Å². The molecule has 176 valence electrons. The van der Waals surface area contributed by atoms with Gasteiger partial charge in [-0.2, -0.15) is 39.5 Å². The SMILES string of the molecule is C=C(C)C(=O)OCCc1ccc(OCCCC(F)(F)C(F)(F)C(F)(F)C(F)(F)F)cc1. The summed E-state index contributed by atoms with van der Waals surface area (Å²) in [6, 6.07) is 5.86. The van der Waals surface area contributed by atoms with Crippen LogP contribution in [0.5, 0.6) is 5.75 Å². The normalized spacial score (nSPS) is 13.1. The molecule has 0 unspecified atom stereocenters. The largest absolute Gasteiger partial charge is 0.494 e. The van der Waals surface area contributed by atoms with E-state index in [1.165, 1.54) is 31.2 Å². The van der Waals surface area contributed by atoms with Crippen LogP contribution >= 0.6 is 0 Å². The minimum Gasteiger partial charge on any atom is -0.494 e. The first-order chi connectivity index (χ1) is 14.0. The molecule has 0 spiro atoms. The Morgan fingerprint density at radius 1 is 0.903 bits per heavy atom. The predicted molar refractivity (Wildman–Crippen MR) is 91.5 cm³/mol. The number of rotatable bonds is 11. The molecule has 0 aliphatic heterocycles. The summed E-state index contributed by atoms with van der Waals surface area (Å²) < 4.78 is 125. The van der Waals surface area contributed by atoms with E-state index in [4.69, 9.17) is 9.47 Å². The Morgan fingerprint density at radius 2 is 1.45 bits per heavy atom. The first kappa shape index (κ1) is 26.6. The zero-order valence-corrected chi connectivity index (χ0v) is 16.2. The van der Waals surface area contributed by atoms with Crippen LogP contribution in [-0.2, 0) is 16.0 Å². The highest BCUT2D eigenvalue weighted by atomic mass is 19.4. The van der Waals surface area contributed by atoms with Crippen LogP contribution in [0.25, 0.3) is 0 Å². The topological polar surface area (TPSA) is 35.5 Å². The number of carbonyl (C=O) groups is 1. The maximum atomic E-state index is 13.4. The highest BCUT2D eigenvalue weighted by Crippen LogP contribution is 2.54. The van der Waals surface area contributed by atoms with Crippen molar-refractivity contribution in [1.82, 2.24) is 0 Å². The van der Waals surface area contributed by atoms with Gasteiger partial charge in [0.05, 0.1) is 13.2 Å². The third-order valence-electron chi connectivity index (χ3n) is 4.01. The van der Waals surface area contributed by atoms with E-state index in [9.17, 15) is 44.3 Å². The third kappa shape index (κ3) is 6.54. The van der Waals surface area contributed by atoms with Gasteiger partial charge in [-0.05, 0) is 31.0 Å². The molecule has 1 rings (SSSR count). The molecule has 0 aromatic heterocycles. The molecular formula is C19H19F9O3. The van der Waals surface area contributed by atoms with Crippen LogP contribution in [0.3, 0.4) is 0 Å². The molecule has 0 N–H and O–H groups in total. The van der Waals surface area contributed by atoms with Crippen LogP contribution < -0.4 is 4.74 Å². The van der Waals surface area contributed by atoms with Gasteiger partial charge in [0.25, 0.3) is 0 Å². The van der Waals surface area contributed by atoms with Crippen LogP contribution in [0, 0.1) is 0 Å². The number of carbonyl (C=O) groups excluding carboxylic acids is 1. The van der Waals surface area contributed by atoms with Gasteiger partial charge in [-0.1, -0.05) is 18.7 Å². The summed E-state index contributed by atoms with van der Waals surface area (Å²) in [4.78, 5) is 11.2. The van der Waals surface area contributed by atoms with Gasteiger partial charge in [0.1, 0.15) is 5.75 Å². The van der Waals surface area contributed by atoms with E-state index < -0.39 is 49.4 Å². The van der Waals surface area contributed by atoms with Crippen molar-refractivity contribution in [3.8, 4) is 5.75 Å². The fourth-order valence-corrected chi connectivity index (χ4v) is 2.19. The lowest BCUT2D eigenvalue weighted by atomic mass is 10.00. The number of alkyl halides is 9. The number of esters is 1. The lowest BCUT2D eigenvalue weighted by molar-refractivity contribution is -0.396. The first-order valence-electron chi connectivity index (χ1n) is 8.77. The van der Waals surface area contributed by atoms with Gasteiger partial charge in [-0.25, -0.2) is 4.79 Å². The second-order valence-corrected chi connectivity index (χ2v) is 6.61. The number of halogens is 9. The maximum Gasteiger partial charge on any atom is 0.460 e. The minimum atomic E-state index is -6.89. The monoisotopic (exact) mass is 466 g/mol. The molecule has 0 saturated carbocycles. The predicted octanol–water partition coefficient (Wildman–Crippen LogP) is 5.98. The third-order valence-corrected chi connectivity index (χ3v) is 4.01. The smallest absolute Gasteiger partial charge is 0.460 e. The van der Waals surface area contributed by atoms with Gasteiger partial charge < -0.3 is 9.47 Å². The van der Waals surface area contributed by atoms with E-state index in [1.807, 2.05) is 0 Å². The number of hydrogen-bond acceptors (Lipinski definition) is 3. The fourth-order valence-electron chi connectivity index (χ4n) is 2.19. The van der Waals surface area contributed by atoms with Crippen molar-refractivity contribution in [2.75, 3.05) is 13.2 Å². The van der Waals surface area contributed by atoms with Crippen LogP contribution in [0.1, 0.15) is 25.3 Å². The summed E-state index contributed by atoms with van der Waals surface area (Å²) in [6.07, 6.45) is -9.35. The second-order valence-electron chi connectivity index (χ2n) is 6.61. The minimum absolute atomic E-state index is 0.0672. The Balaban J connectivity index is 2.53. The Kier molecular flexibility index (Phi) is 8.44. The van der Waals surface area contributed by atoms with Crippen molar-refractivity contribution in [2.45, 2.75) is 50.1 Å². The average Bonchev–Trinajstić information content (AvgIpc) is 2.65. The van der Waals surface area contributed by atoms with E-state index in [-0.39, 0.29) is 17.9 Å². The summed E-state index contributed by atoms with van der Waals surface area (Å²) >= 11 is 0. The maximum absolute atomic E-state index is 13.4. The summed E-state index contributed by atoms with van der Waals surface area (Å²) in [5.41, 5.74) is 0.941. The quantitative estimate of drug-likeness (QED) is 0.174. The van der Waals surface area contributed by atoms with E-state index in [0.29, 0.717) is 12.0 Å². The van der Waals surface area contributed by atoms with Crippen molar-refractivity contribution in [3.63, 3.8) is 0 Å². The Morgan fingerprint density at radius 3 is 1.94 bits per heavy atom. The molecular weight excluding hydrogens is 447 g/mol. The molecule has 0 fully saturated rings. The van der Waals surface area contributed by atoms with Crippen molar-refractivity contribution in [3.05, 3.63) is 42.0 Å². The molecule has 0 atom stereocenters. The molecule has 1 aromatic rings. The summed E-state index contributed by atoms with van der Waals surface area (Å²) in [5, 5.41) is 0. The highest BCUT2D eigenvalue weighted by Gasteiger charge is 2.81. The molecule has 0 bridgehead atoms. The van der Waals surface area contributed by atoms with Crippen LogP contribution in [0.15, 0.2) is 36.4 Å². The van der Waals surface area contributed by atoms with Crippen LogP contribution in [-0.4, -0.2) is 43.1 Å². The first-order valence-corrected chi connectivity index (χ1v) is 8.77.